The Morgan fingerprint density at radius 2 is 1.87 bits per heavy atom. The monoisotopic (exact) mass is 267 g/mol. The van der Waals surface area contributed by atoms with Gasteiger partial charge < -0.3 is 10.8 Å². The normalized spacial score (nSPS) is 12.5. The Bertz CT molecular complexity index is 395. The number of rotatable bonds is 3. The molecule has 3 N–H and O–H groups in total. The Kier molecular flexibility index (Phi) is 4.22. The number of carboxylic acids is 1. The van der Waals surface area contributed by atoms with E-state index in [1.165, 1.54) is 12.1 Å². The lowest BCUT2D eigenvalue weighted by Crippen LogP contribution is -2.21. The summed E-state index contributed by atoms with van der Waals surface area (Å²) in [6.45, 7) is -0.0882. The summed E-state index contributed by atoms with van der Waals surface area (Å²) in [5.41, 5.74) is 5.62. The van der Waals surface area contributed by atoms with Gasteiger partial charge in [0.05, 0.1) is 16.0 Å². The predicted octanol–water partition coefficient (Wildman–Crippen LogP) is 2.77. The highest BCUT2D eigenvalue weighted by atomic mass is 35.5. The molecule has 0 radical (unpaired) electrons. The topological polar surface area (TPSA) is 63.3 Å². The molecule has 0 amide bonds. The third-order valence-electron chi connectivity index (χ3n) is 1.96. The van der Waals surface area contributed by atoms with Crippen molar-refractivity contribution in [2.45, 2.75) is 5.92 Å². The molecule has 0 heterocycles. The van der Waals surface area contributed by atoms with E-state index in [-0.39, 0.29) is 27.2 Å². The summed E-state index contributed by atoms with van der Waals surface area (Å²) in [6, 6.07) is 3.00. The van der Waals surface area contributed by atoms with Crippen LogP contribution in [0, 0.1) is 0 Å². The summed E-state index contributed by atoms with van der Waals surface area (Å²) < 4.78 is 0. The van der Waals surface area contributed by atoms with Gasteiger partial charge in [-0.1, -0.05) is 34.8 Å². The van der Waals surface area contributed by atoms with Gasteiger partial charge in [0.2, 0.25) is 0 Å². The summed E-state index contributed by atoms with van der Waals surface area (Å²) in [5.74, 6) is -2.02. The quantitative estimate of drug-likeness (QED) is 0.829. The molecule has 82 valence electrons. The second kappa shape index (κ2) is 5.03. The highest BCUT2D eigenvalue weighted by Gasteiger charge is 2.24. The van der Waals surface area contributed by atoms with E-state index in [1.54, 1.807) is 0 Å². The van der Waals surface area contributed by atoms with Crippen molar-refractivity contribution >= 4 is 40.8 Å². The third kappa shape index (κ3) is 2.55. The molecule has 1 atom stereocenters. The number of hydrogen-bond acceptors (Lipinski definition) is 2. The van der Waals surface area contributed by atoms with Crippen molar-refractivity contribution < 1.29 is 9.90 Å². The van der Waals surface area contributed by atoms with Gasteiger partial charge in [-0.15, -0.1) is 0 Å². The summed E-state index contributed by atoms with van der Waals surface area (Å²) in [5, 5.41) is 9.58. The zero-order chi connectivity index (χ0) is 11.6. The van der Waals surface area contributed by atoms with Crippen LogP contribution in [0.5, 0.6) is 0 Å². The molecule has 1 rings (SSSR count). The van der Waals surface area contributed by atoms with Crippen molar-refractivity contribution in [2.75, 3.05) is 6.54 Å². The lowest BCUT2D eigenvalue weighted by Gasteiger charge is -2.14. The number of benzene rings is 1. The van der Waals surface area contributed by atoms with E-state index in [1.807, 2.05) is 0 Å². The SMILES string of the molecule is NCC(C(=O)O)c1c(Cl)ccc(Cl)c1Cl. The van der Waals surface area contributed by atoms with Crippen molar-refractivity contribution in [1.29, 1.82) is 0 Å². The fraction of sp³-hybridized carbons (Fsp3) is 0.222. The van der Waals surface area contributed by atoms with E-state index in [0.717, 1.165) is 0 Å². The van der Waals surface area contributed by atoms with Crippen molar-refractivity contribution in [1.82, 2.24) is 0 Å². The predicted molar refractivity (Wildman–Crippen MR) is 60.9 cm³/mol. The van der Waals surface area contributed by atoms with Crippen LogP contribution in [0.15, 0.2) is 12.1 Å². The van der Waals surface area contributed by atoms with Gasteiger partial charge in [0.15, 0.2) is 0 Å². The molecule has 0 aliphatic heterocycles. The molecule has 3 nitrogen and oxygen atoms in total. The van der Waals surface area contributed by atoms with E-state index >= 15 is 0 Å². The maximum Gasteiger partial charge on any atom is 0.312 e. The third-order valence-corrected chi connectivity index (χ3v) is 3.11. The molecular weight excluding hydrogens is 260 g/mol. The first-order valence-corrected chi connectivity index (χ1v) is 5.18. The molecule has 0 fully saturated rings. The number of carboxylic acid groups (broad SMARTS) is 1. The maximum absolute atomic E-state index is 10.9. The maximum atomic E-state index is 10.9. The standard InChI is InChI=1S/C9H8Cl3NO2/c10-5-1-2-6(11)8(12)7(5)4(3-13)9(14)15/h1-2,4H,3,13H2,(H,14,15). The fourth-order valence-electron chi connectivity index (χ4n) is 1.20. The largest absolute Gasteiger partial charge is 0.481 e. The van der Waals surface area contributed by atoms with Gasteiger partial charge in [-0.2, -0.15) is 0 Å². The molecule has 0 aromatic heterocycles. The second-order valence-electron chi connectivity index (χ2n) is 2.88. The number of halogens is 3. The molecule has 15 heavy (non-hydrogen) atoms. The van der Waals surface area contributed by atoms with E-state index in [4.69, 9.17) is 45.6 Å². The van der Waals surface area contributed by atoms with E-state index in [9.17, 15) is 4.79 Å². The molecule has 0 saturated heterocycles. The van der Waals surface area contributed by atoms with Crippen LogP contribution >= 0.6 is 34.8 Å². The average Bonchev–Trinajstić information content (AvgIpc) is 2.18. The lowest BCUT2D eigenvalue weighted by atomic mass is 9.99. The molecule has 6 heteroatoms. The molecule has 1 aromatic rings. The molecule has 0 spiro atoms. The van der Waals surface area contributed by atoms with E-state index < -0.39 is 11.9 Å². The van der Waals surface area contributed by atoms with Crippen LogP contribution in [-0.2, 0) is 4.79 Å². The number of nitrogens with two attached hydrogens (primary N) is 1. The Morgan fingerprint density at radius 1 is 1.33 bits per heavy atom. The van der Waals surface area contributed by atoms with Crippen LogP contribution in [0.25, 0.3) is 0 Å². The first-order chi connectivity index (χ1) is 6.99. The second-order valence-corrected chi connectivity index (χ2v) is 4.08. The first kappa shape index (κ1) is 12.6. The zero-order valence-electron chi connectivity index (χ0n) is 7.51. The Hall–Kier alpha value is -0.480. The molecule has 1 aromatic carbocycles. The van der Waals surface area contributed by atoms with Crippen molar-refractivity contribution in [3.8, 4) is 0 Å². The van der Waals surface area contributed by atoms with Crippen molar-refractivity contribution in [3.05, 3.63) is 32.8 Å². The molecule has 0 saturated carbocycles. The van der Waals surface area contributed by atoms with Gasteiger partial charge in [-0.3, -0.25) is 4.79 Å². The molecule has 0 aliphatic rings. The summed E-state index contributed by atoms with van der Waals surface area (Å²) in [6.07, 6.45) is 0. The lowest BCUT2D eigenvalue weighted by molar-refractivity contribution is -0.138. The highest BCUT2D eigenvalue weighted by Crippen LogP contribution is 2.36. The molecular formula is C9H8Cl3NO2. The Morgan fingerprint density at radius 3 is 2.33 bits per heavy atom. The van der Waals surface area contributed by atoms with Crippen LogP contribution in [0.2, 0.25) is 15.1 Å². The van der Waals surface area contributed by atoms with Gasteiger partial charge in [-0.05, 0) is 12.1 Å². The van der Waals surface area contributed by atoms with Crippen LogP contribution in [0.4, 0.5) is 0 Å². The van der Waals surface area contributed by atoms with Crippen molar-refractivity contribution in [3.63, 3.8) is 0 Å². The summed E-state index contributed by atoms with van der Waals surface area (Å²) in [4.78, 5) is 10.9. The van der Waals surface area contributed by atoms with Gasteiger partial charge in [0.25, 0.3) is 0 Å². The van der Waals surface area contributed by atoms with Gasteiger partial charge in [-0.25, -0.2) is 0 Å². The van der Waals surface area contributed by atoms with Gasteiger partial charge >= 0.3 is 5.97 Å². The fourth-order valence-corrected chi connectivity index (χ4v) is 2.00. The minimum atomic E-state index is -1.08. The Balaban J connectivity index is 3.34. The van der Waals surface area contributed by atoms with E-state index in [2.05, 4.69) is 0 Å². The minimum absolute atomic E-state index is 0.0882. The summed E-state index contributed by atoms with van der Waals surface area (Å²) >= 11 is 17.5. The summed E-state index contributed by atoms with van der Waals surface area (Å²) in [7, 11) is 0. The number of hydrogen-bond donors (Lipinski definition) is 2. The van der Waals surface area contributed by atoms with E-state index in [0.29, 0.717) is 0 Å². The minimum Gasteiger partial charge on any atom is -0.481 e. The molecule has 0 bridgehead atoms. The first-order valence-electron chi connectivity index (χ1n) is 4.05. The van der Waals surface area contributed by atoms with Gasteiger partial charge in [0, 0.05) is 17.1 Å². The van der Waals surface area contributed by atoms with Crippen LogP contribution in [0.3, 0.4) is 0 Å². The molecule has 1 unspecified atom stereocenters. The van der Waals surface area contributed by atoms with Crippen molar-refractivity contribution in [2.24, 2.45) is 5.73 Å². The number of carbonyl (C=O) groups is 1. The smallest absolute Gasteiger partial charge is 0.312 e. The average molecular weight is 269 g/mol. The molecule has 0 aliphatic carbocycles. The Labute approximate surface area is 102 Å². The number of aliphatic carboxylic acids is 1. The van der Waals surface area contributed by atoms with Crippen LogP contribution in [-0.4, -0.2) is 17.6 Å². The highest BCUT2D eigenvalue weighted by molar-refractivity contribution is 6.44. The van der Waals surface area contributed by atoms with Gasteiger partial charge in [0.1, 0.15) is 0 Å². The van der Waals surface area contributed by atoms with Crippen LogP contribution < -0.4 is 5.73 Å². The zero-order valence-corrected chi connectivity index (χ0v) is 9.77. The van der Waals surface area contributed by atoms with Crippen LogP contribution in [0.1, 0.15) is 11.5 Å².